The molecule has 4 heteroatoms. The molecule has 0 radical (unpaired) electrons. The standard InChI is InChI=1S/C18H19N3O/c1-3-16-15(20-9-1)13-18(22-16,17-4-2-10-21-17)8-5-14-6-11-19-12-7-14/h1,3,5-9,11-12,17,21H,2,4,10,13H2/t17-,18?/m1/s1. The van der Waals surface area contributed by atoms with Crippen LogP contribution in [0.25, 0.3) is 6.08 Å². The second-order valence-electron chi connectivity index (χ2n) is 5.94. The van der Waals surface area contributed by atoms with Crippen LogP contribution in [0, 0.1) is 0 Å². The van der Waals surface area contributed by atoms with Gasteiger partial charge in [-0.3, -0.25) is 9.97 Å². The molecule has 0 aromatic carbocycles. The van der Waals surface area contributed by atoms with Gasteiger partial charge in [-0.15, -0.1) is 0 Å². The minimum Gasteiger partial charge on any atom is -0.479 e. The van der Waals surface area contributed by atoms with E-state index >= 15 is 0 Å². The maximum atomic E-state index is 6.37. The molecular formula is C18H19N3O. The number of aromatic nitrogens is 2. The third-order valence-corrected chi connectivity index (χ3v) is 4.51. The van der Waals surface area contributed by atoms with Gasteiger partial charge in [-0.05, 0) is 55.3 Å². The highest BCUT2D eigenvalue weighted by molar-refractivity contribution is 5.52. The molecule has 2 aromatic rings. The summed E-state index contributed by atoms with van der Waals surface area (Å²) < 4.78 is 6.37. The van der Waals surface area contributed by atoms with E-state index < -0.39 is 0 Å². The molecule has 4 heterocycles. The number of ether oxygens (including phenoxy) is 1. The Morgan fingerprint density at radius 1 is 1.23 bits per heavy atom. The van der Waals surface area contributed by atoms with E-state index in [4.69, 9.17) is 4.74 Å². The van der Waals surface area contributed by atoms with Crippen LogP contribution in [0.2, 0.25) is 0 Å². The van der Waals surface area contributed by atoms with Gasteiger partial charge >= 0.3 is 0 Å². The lowest BCUT2D eigenvalue weighted by Crippen LogP contribution is -2.50. The molecule has 1 N–H and O–H groups in total. The van der Waals surface area contributed by atoms with Crippen molar-refractivity contribution in [1.29, 1.82) is 0 Å². The smallest absolute Gasteiger partial charge is 0.148 e. The summed E-state index contributed by atoms with van der Waals surface area (Å²) in [6.45, 7) is 1.06. The van der Waals surface area contributed by atoms with Crippen molar-refractivity contribution in [3.05, 3.63) is 60.2 Å². The van der Waals surface area contributed by atoms with Gasteiger partial charge in [0.05, 0.1) is 11.7 Å². The van der Waals surface area contributed by atoms with Gasteiger partial charge in [0.2, 0.25) is 0 Å². The predicted molar refractivity (Wildman–Crippen MR) is 85.6 cm³/mol. The number of nitrogens with one attached hydrogen (secondary N) is 1. The van der Waals surface area contributed by atoms with Crippen LogP contribution in [-0.4, -0.2) is 28.2 Å². The first kappa shape index (κ1) is 13.5. The minimum atomic E-state index is -0.337. The quantitative estimate of drug-likeness (QED) is 0.945. The van der Waals surface area contributed by atoms with Crippen LogP contribution in [0.4, 0.5) is 0 Å². The Hall–Kier alpha value is -2.20. The van der Waals surface area contributed by atoms with Crippen LogP contribution in [0.15, 0.2) is 48.9 Å². The van der Waals surface area contributed by atoms with Crippen molar-refractivity contribution in [2.24, 2.45) is 0 Å². The van der Waals surface area contributed by atoms with Gasteiger partial charge in [0.15, 0.2) is 0 Å². The summed E-state index contributed by atoms with van der Waals surface area (Å²) in [5.41, 5.74) is 1.85. The fourth-order valence-corrected chi connectivity index (χ4v) is 3.37. The fourth-order valence-electron chi connectivity index (χ4n) is 3.37. The number of rotatable bonds is 3. The van der Waals surface area contributed by atoms with Crippen LogP contribution < -0.4 is 10.1 Å². The van der Waals surface area contributed by atoms with Crippen molar-refractivity contribution in [2.45, 2.75) is 30.9 Å². The SMILES string of the molecule is C(=CC1([C@H]2CCCN2)Cc2ncccc2O1)c1ccncc1. The second kappa shape index (κ2) is 5.54. The van der Waals surface area contributed by atoms with Crippen molar-refractivity contribution in [2.75, 3.05) is 6.54 Å². The van der Waals surface area contributed by atoms with E-state index in [1.165, 1.54) is 6.42 Å². The van der Waals surface area contributed by atoms with E-state index in [0.29, 0.717) is 6.04 Å². The van der Waals surface area contributed by atoms with Crippen LogP contribution in [0.5, 0.6) is 5.75 Å². The molecule has 1 saturated heterocycles. The molecule has 0 amide bonds. The topological polar surface area (TPSA) is 47.0 Å². The van der Waals surface area contributed by atoms with Crippen LogP contribution >= 0.6 is 0 Å². The molecule has 2 aliphatic rings. The summed E-state index contributed by atoms with van der Waals surface area (Å²) in [6, 6.07) is 8.29. The van der Waals surface area contributed by atoms with E-state index in [0.717, 1.165) is 36.4 Å². The van der Waals surface area contributed by atoms with Crippen LogP contribution in [0.1, 0.15) is 24.1 Å². The number of hydrogen-bond donors (Lipinski definition) is 1. The van der Waals surface area contributed by atoms with Crippen molar-refractivity contribution in [1.82, 2.24) is 15.3 Å². The van der Waals surface area contributed by atoms with Gasteiger partial charge in [0.25, 0.3) is 0 Å². The Labute approximate surface area is 130 Å². The van der Waals surface area contributed by atoms with Gasteiger partial charge < -0.3 is 10.1 Å². The van der Waals surface area contributed by atoms with Gasteiger partial charge in [-0.25, -0.2) is 0 Å². The summed E-state index contributed by atoms with van der Waals surface area (Å²) in [5.74, 6) is 0.913. The molecule has 0 bridgehead atoms. The van der Waals surface area contributed by atoms with E-state index in [9.17, 15) is 0 Å². The molecular weight excluding hydrogens is 274 g/mol. The molecule has 1 unspecified atom stereocenters. The fraction of sp³-hybridized carbons (Fsp3) is 0.333. The Kier molecular flexibility index (Phi) is 3.39. The average Bonchev–Trinajstić information content (AvgIpc) is 3.22. The van der Waals surface area contributed by atoms with Gasteiger partial charge in [0.1, 0.15) is 11.4 Å². The molecule has 0 aliphatic carbocycles. The molecule has 112 valence electrons. The predicted octanol–water partition coefficient (Wildman–Crippen LogP) is 2.62. The molecule has 4 rings (SSSR count). The van der Waals surface area contributed by atoms with Crippen LogP contribution in [0.3, 0.4) is 0 Å². The Morgan fingerprint density at radius 2 is 2.14 bits per heavy atom. The maximum Gasteiger partial charge on any atom is 0.148 e. The zero-order chi connectivity index (χ0) is 14.8. The number of fused-ring (bicyclic) bond motifs is 1. The van der Waals surface area contributed by atoms with Crippen LogP contribution in [-0.2, 0) is 6.42 Å². The maximum absolute atomic E-state index is 6.37. The molecule has 2 aromatic heterocycles. The first-order valence-electron chi connectivity index (χ1n) is 7.81. The van der Waals surface area contributed by atoms with Crippen molar-refractivity contribution in [3.63, 3.8) is 0 Å². The summed E-state index contributed by atoms with van der Waals surface area (Å²) >= 11 is 0. The summed E-state index contributed by atoms with van der Waals surface area (Å²) in [7, 11) is 0. The van der Waals surface area contributed by atoms with E-state index in [1.807, 2.05) is 42.9 Å². The molecule has 4 nitrogen and oxygen atoms in total. The first-order valence-corrected chi connectivity index (χ1v) is 7.81. The van der Waals surface area contributed by atoms with Crippen molar-refractivity contribution in [3.8, 4) is 5.75 Å². The highest BCUT2D eigenvalue weighted by Crippen LogP contribution is 2.39. The molecule has 22 heavy (non-hydrogen) atoms. The summed E-state index contributed by atoms with van der Waals surface area (Å²) in [5, 5.41) is 3.59. The highest BCUT2D eigenvalue weighted by Gasteiger charge is 2.45. The molecule has 2 atom stereocenters. The number of nitrogens with zero attached hydrogens (tertiary/aromatic N) is 2. The largest absolute Gasteiger partial charge is 0.479 e. The number of pyridine rings is 2. The Balaban J connectivity index is 1.67. The highest BCUT2D eigenvalue weighted by atomic mass is 16.5. The number of hydrogen-bond acceptors (Lipinski definition) is 4. The Bertz CT molecular complexity index is 653. The molecule has 1 fully saturated rings. The lowest BCUT2D eigenvalue weighted by atomic mass is 9.88. The van der Waals surface area contributed by atoms with E-state index in [-0.39, 0.29) is 5.60 Å². The molecule has 2 aliphatic heterocycles. The van der Waals surface area contributed by atoms with Gasteiger partial charge in [-0.2, -0.15) is 0 Å². The molecule has 0 spiro atoms. The van der Waals surface area contributed by atoms with Crippen molar-refractivity contribution < 1.29 is 4.74 Å². The first-order chi connectivity index (χ1) is 10.9. The summed E-state index contributed by atoms with van der Waals surface area (Å²) in [6.07, 6.45) is 12.9. The van der Waals surface area contributed by atoms with Gasteiger partial charge in [-0.1, -0.05) is 6.08 Å². The average molecular weight is 293 g/mol. The van der Waals surface area contributed by atoms with E-state index in [2.05, 4.69) is 27.4 Å². The molecule has 0 saturated carbocycles. The van der Waals surface area contributed by atoms with Gasteiger partial charge in [0, 0.05) is 25.0 Å². The normalized spacial score (nSPS) is 27.0. The monoisotopic (exact) mass is 293 g/mol. The van der Waals surface area contributed by atoms with Crippen molar-refractivity contribution >= 4 is 6.08 Å². The third kappa shape index (κ3) is 2.40. The zero-order valence-electron chi connectivity index (χ0n) is 12.4. The summed E-state index contributed by atoms with van der Waals surface area (Å²) in [4.78, 5) is 8.55. The zero-order valence-corrected chi connectivity index (χ0v) is 12.4. The Morgan fingerprint density at radius 3 is 2.91 bits per heavy atom. The van der Waals surface area contributed by atoms with E-state index in [1.54, 1.807) is 0 Å². The second-order valence-corrected chi connectivity index (χ2v) is 5.94. The lowest BCUT2D eigenvalue weighted by molar-refractivity contribution is 0.108. The third-order valence-electron chi connectivity index (χ3n) is 4.51. The lowest BCUT2D eigenvalue weighted by Gasteiger charge is -2.32. The minimum absolute atomic E-state index is 0.333.